The molecule has 15 heteroatoms. The Morgan fingerprint density at radius 1 is 0.974 bits per heavy atom. The molecule has 1 aliphatic carbocycles. The first-order chi connectivity index (χ1) is 18.4. The van der Waals surface area contributed by atoms with Crippen molar-refractivity contribution >= 4 is 11.6 Å². The second-order valence-corrected chi connectivity index (χ2v) is 8.67. The van der Waals surface area contributed by atoms with Crippen LogP contribution in [0.15, 0.2) is 54.7 Å². The normalized spacial score (nSPS) is 14.6. The summed E-state index contributed by atoms with van der Waals surface area (Å²) in [5.74, 6) is -2.23. The van der Waals surface area contributed by atoms with Gasteiger partial charge in [-0.2, -0.15) is 13.2 Å². The van der Waals surface area contributed by atoms with Crippen molar-refractivity contribution in [2.24, 2.45) is 0 Å². The predicted octanol–water partition coefficient (Wildman–Crippen LogP) is 5.66. The number of benzene rings is 2. The number of anilines is 1. The number of H-pyrrole nitrogens is 1. The van der Waals surface area contributed by atoms with E-state index in [2.05, 4.69) is 35.7 Å². The van der Waals surface area contributed by atoms with E-state index in [1.807, 2.05) is 0 Å². The number of hydrogen-bond donors (Lipinski definition) is 2. The summed E-state index contributed by atoms with van der Waals surface area (Å²) >= 11 is 0. The lowest BCUT2D eigenvalue weighted by Crippen LogP contribution is -2.29. The van der Waals surface area contributed by atoms with Gasteiger partial charge in [-0.1, -0.05) is 18.2 Å². The van der Waals surface area contributed by atoms with Gasteiger partial charge in [-0.3, -0.25) is 9.78 Å². The summed E-state index contributed by atoms with van der Waals surface area (Å²) in [7, 11) is 0. The van der Waals surface area contributed by atoms with E-state index in [0.29, 0.717) is 22.8 Å². The summed E-state index contributed by atoms with van der Waals surface area (Å²) in [6.07, 6.45) is -8.07. The minimum Gasteiger partial charge on any atom is -0.406 e. The van der Waals surface area contributed by atoms with Crippen molar-refractivity contribution in [3.05, 3.63) is 71.8 Å². The lowest BCUT2D eigenvalue weighted by molar-refractivity contribution is -0.274. The van der Waals surface area contributed by atoms with Gasteiger partial charge in [0.25, 0.3) is 0 Å². The standard InChI is InChI=1S/C24H15F7N6O2/c25-18-10-14(39-24(29,30)31)3-5-17(18)22(7-8-22)21(38)33-13-2-4-15(16(9-13)20-34-36-37-35-20)12-1-6-19(32-11-12)23(26,27)28/h1-6,9-11H,7-8H2,(H,33,38)(H,34,35,36,37). The molecule has 0 radical (unpaired) electrons. The number of carbonyl (C=O) groups is 1. The van der Waals surface area contributed by atoms with Crippen molar-refractivity contribution < 1.29 is 40.3 Å². The van der Waals surface area contributed by atoms with Gasteiger partial charge in [0.1, 0.15) is 17.3 Å². The second-order valence-electron chi connectivity index (χ2n) is 8.67. The highest BCUT2D eigenvalue weighted by molar-refractivity contribution is 6.02. The number of rotatable bonds is 6. The molecule has 8 nitrogen and oxygen atoms in total. The molecule has 39 heavy (non-hydrogen) atoms. The average molecular weight is 552 g/mol. The van der Waals surface area contributed by atoms with Crippen LogP contribution in [0, 0.1) is 5.82 Å². The molecular formula is C24H15F7N6O2. The Balaban J connectivity index is 1.43. The number of nitrogens with one attached hydrogen (secondary N) is 2. The number of aromatic amines is 1. The minimum atomic E-state index is -5.00. The van der Waals surface area contributed by atoms with Crippen LogP contribution >= 0.6 is 0 Å². The van der Waals surface area contributed by atoms with E-state index in [1.54, 1.807) is 0 Å². The van der Waals surface area contributed by atoms with E-state index in [4.69, 9.17) is 0 Å². The lowest BCUT2D eigenvalue weighted by atomic mass is 9.93. The third-order valence-electron chi connectivity index (χ3n) is 6.12. The van der Waals surface area contributed by atoms with E-state index >= 15 is 0 Å². The molecule has 2 heterocycles. The highest BCUT2D eigenvalue weighted by Crippen LogP contribution is 2.50. The minimum absolute atomic E-state index is 0.0818. The van der Waals surface area contributed by atoms with Gasteiger partial charge in [-0.15, -0.1) is 18.3 Å². The first kappa shape index (κ1) is 26.1. The van der Waals surface area contributed by atoms with Gasteiger partial charge in [0.2, 0.25) is 5.91 Å². The Morgan fingerprint density at radius 2 is 1.74 bits per heavy atom. The van der Waals surface area contributed by atoms with Crippen molar-refractivity contribution in [2.45, 2.75) is 30.8 Å². The van der Waals surface area contributed by atoms with Crippen molar-refractivity contribution in [3.63, 3.8) is 0 Å². The number of pyridine rings is 1. The third-order valence-corrected chi connectivity index (χ3v) is 6.12. The first-order valence-corrected chi connectivity index (χ1v) is 11.1. The monoisotopic (exact) mass is 552 g/mol. The van der Waals surface area contributed by atoms with Crippen LogP contribution in [-0.2, 0) is 16.4 Å². The topological polar surface area (TPSA) is 106 Å². The third kappa shape index (κ3) is 5.37. The average Bonchev–Trinajstić information content (AvgIpc) is 3.47. The molecule has 0 atom stereocenters. The maximum Gasteiger partial charge on any atom is 0.573 e. The molecule has 1 aliphatic rings. The zero-order valence-electron chi connectivity index (χ0n) is 19.4. The van der Waals surface area contributed by atoms with Crippen LogP contribution in [0.1, 0.15) is 24.1 Å². The maximum atomic E-state index is 14.7. The molecule has 1 saturated carbocycles. The Kier molecular flexibility index (Phi) is 6.23. The van der Waals surface area contributed by atoms with Crippen molar-refractivity contribution in [3.8, 4) is 28.3 Å². The van der Waals surface area contributed by atoms with Crippen LogP contribution in [0.5, 0.6) is 5.75 Å². The number of hydrogen-bond acceptors (Lipinski definition) is 6. The Labute approximate surface area is 214 Å². The highest BCUT2D eigenvalue weighted by atomic mass is 19.4. The van der Waals surface area contributed by atoms with Gasteiger partial charge in [0.15, 0.2) is 5.82 Å². The Hall–Kier alpha value is -4.56. The molecule has 4 aromatic rings. The van der Waals surface area contributed by atoms with Gasteiger partial charge < -0.3 is 10.1 Å². The number of alkyl halides is 6. The molecule has 2 aromatic carbocycles. The fourth-order valence-corrected chi connectivity index (χ4v) is 4.14. The van der Waals surface area contributed by atoms with Crippen molar-refractivity contribution in [2.75, 3.05) is 5.32 Å². The quantitative estimate of drug-likeness (QED) is 0.300. The number of nitrogens with zero attached hydrogens (tertiary/aromatic N) is 4. The molecule has 0 spiro atoms. The van der Waals surface area contributed by atoms with E-state index in [-0.39, 0.29) is 29.9 Å². The number of halogens is 7. The summed E-state index contributed by atoms with van der Waals surface area (Å²) in [4.78, 5) is 16.7. The zero-order valence-corrected chi connectivity index (χ0v) is 19.4. The molecule has 0 bridgehead atoms. The summed E-state index contributed by atoms with van der Waals surface area (Å²) < 4.78 is 94.6. The SMILES string of the molecule is O=C(Nc1ccc(-c2ccc(C(F)(F)F)nc2)c(-c2nnn[nH]2)c1)C1(c2ccc(OC(F)(F)F)cc2F)CC1. The number of ether oxygens (including phenoxy) is 1. The first-order valence-electron chi connectivity index (χ1n) is 11.1. The molecule has 0 saturated heterocycles. The van der Waals surface area contributed by atoms with Gasteiger partial charge >= 0.3 is 12.5 Å². The number of aromatic nitrogens is 5. The van der Waals surface area contributed by atoms with Gasteiger partial charge in [0.05, 0.1) is 5.41 Å². The zero-order chi connectivity index (χ0) is 28.0. The molecule has 5 rings (SSSR count). The van der Waals surface area contributed by atoms with Crippen LogP contribution in [0.25, 0.3) is 22.5 Å². The van der Waals surface area contributed by atoms with Crippen molar-refractivity contribution in [1.29, 1.82) is 0 Å². The smallest absolute Gasteiger partial charge is 0.406 e. The van der Waals surface area contributed by atoms with Crippen LogP contribution in [-0.4, -0.2) is 37.9 Å². The van der Waals surface area contributed by atoms with Gasteiger partial charge in [-0.25, -0.2) is 9.49 Å². The fourth-order valence-electron chi connectivity index (χ4n) is 4.14. The van der Waals surface area contributed by atoms with Gasteiger partial charge in [-0.05, 0) is 53.1 Å². The van der Waals surface area contributed by atoms with Crippen molar-refractivity contribution in [1.82, 2.24) is 25.6 Å². The summed E-state index contributed by atoms with van der Waals surface area (Å²) in [5.41, 5.74) is -1.18. The van der Waals surface area contributed by atoms with Gasteiger partial charge in [0, 0.05) is 34.6 Å². The number of amides is 1. The Morgan fingerprint density at radius 3 is 2.31 bits per heavy atom. The predicted molar refractivity (Wildman–Crippen MR) is 120 cm³/mol. The second kappa shape index (κ2) is 9.32. The van der Waals surface area contributed by atoms with E-state index in [9.17, 15) is 35.5 Å². The molecule has 0 aliphatic heterocycles. The largest absolute Gasteiger partial charge is 0.573 e. The lowest BCUT2D eigenvalue weighted by Gasteiger charge is -2.18. The van der Waals surface area contributed by atoms with E-state index in [0.717, 1.165) is 24.4 Å². The van der Waals surface area contributed by atoms with Crippen LogP contribution in [0.3, 0.4) is 0 Å². The summed E-state index contributed by atoms with van der Waals surface area (Å²) in [6.45, 7) is 0. The maximum absolute atomic E-state index is 14.7. The van der Waals surface area contributed by atoms with Crippen LogP contribution in [0.4, 0.5) is 36.4 Å². The number of tetrazole rings is 1. The molecular weight excluding hydrogens is 537 g/mol. The molecule has 0 unspecified atom stereocenters. The van der Waals surface area contributed by atoms with Crippen LogP contribution in [0.2, 0.25) is 0 Å². The molecule has 1 amide bonds. The van der Waals surface area contributed by atoms with E-state index < -0.39 is 41.1 Å². The van der Waals surface area contributed by atoms with E-state index in [1.165, 1.54) is 24.3 Å². The molecule has 202 valence electrons. The van der Waals surface area contributed by atoms with Crippen LogP contribution < -0.4 is 10.1 Å². The highest BCUT2D eigenvalue weighted by Gasteiger charge is 2.53. The Bertz CT molecular complexity index is 1520. The fraction of sp³-hybridized carbons (Fsp3) is 0.208. The summed E-state index contributed by atoms with van der Waals surface area (Å²) in [5, 5.41) is 16.1. The molecule has 2 N–H and O–H groups in total. The summed E-state index contributed by atoms with van der Waals surface area (Å²) in [6, 6.07) is 9.09. The molecule has 2 aromatic heterocycles. The molecule has 1 fully saturated rings. The number of carbonyl (C=O) groups excluding carboxylic acids is 1.